The number of phenolic OH excluding ortho intramolecular Hbond substituents is 1. The van der Waals surface area contributed by atoms with Gasteiger partial charge in [0.15, 0.2) is 0 Å². The highest BCUT2D eigenvalue weighted by Crippen LogP contribution is 2.32. The van der Waals surface area contributed by atoms with Crippen molar-refractivity contribution in [2.75, 3.05) is 0 Å². The molecule has 2 aliphatic rings. The fourth-order valence-corrected chi connectivity index (χ4v) is 3.97. The Labute approximate surface area is 157 Å². The molecule has 2 aromatic rings. The van der Waals surface area contributed by atoms with Crippen LogP contribution in [0.1, 0.15) is 33.4 Å². The summed E-state index contributed by atoms with van der Waals surface area (Å²) in [6.45, 7) is 0. The second kappa shape index (κ2) is 6.99. The highest BCUT2D eigenvalue weighted by Gasteiger charge is 2.29. The normalized spacial score (nSPS) is 26.5. The smallest absolute Gasteiger partial charge is 0.119 e. The van der Waals surface area contributed by atoms with E-state index in [1.165, 1.54) is 0 Å². The Balaban J connectivity index is 1.73. The molecule has 0 spiro atoms. The molecule has 0 radical (unpaired) electrons. The van der Waals surface area contributed by atoms with Crippen molar-refractivity contribution in [2.45, 2.75) is 50.1 Å². The van der Waals surface area contributed by atoms with Crippen molar-refractivity contribution < 1.29 is 25.5 Å². The number of fused-ring (bicyclic) bond motifs is 2. The number of benzene rings is 2. The Morgan fingerprint density at radius 3 is 1.89 bits per heavy atom. The zero-order chi connectivity index (χ0) is 19.1. The molecule has 0 saturated heterocycles. The lowest BCUT2D eigenvalue weighted by Crippen LogP contribution is -2.35. The summed E-state index contributed by atoms with van der Waals surface area (Å²) < 4.78 is 0. The minimum atomic E-state index is -0.888. The first-order chi connectivity index (χ1) is 12.9. The second-order valence-corrected chi connectivity index (χ2v) is 7.37. The third-order valence-electron chi connectivity index (χ3n) is 5.57. The maximum absolute atomic E-state index is 10.1. The first-order valence-electron chi connectivity index (χ1n) is 9.12. The molecule has 0 unspecified atom stereocenters. The number of aliphatic hydroxyl groups excluding tert-OH is 4. The van der Waals surface area contributed by atoms with Crippen molar-refractivity contribution in [2.24, 2.45) is 0 Å². The van der Waals surface area contributed by atoms with E-state index in [4.69, 9.17) is 0 Å². The zero-order valence-corrected chi connectivity index (χ0v) is 14.8. The van der Waals surface area contributed by atoms with Gasteiger partial charge in [0.05, 0.1) is 24.4 Å². The molecule has 0 bridgehead atoms. The minimum absolute atomic E-state index is 0.107. The van der Waals surface area contributed by atoms with Gasteiger partial charge in [-0.1, -0.05) is 24.0 Å². The van der Waals surface area contributed by atoms with Gasteiger partial charge < -0.3 is 25.5 Å². The Bertz CT molecular complexity index is 940. The maximum Gasteiger partial charge on any atom is 0.119 e. The third kappa shape index (κ3) is 3.33. The van der Waals surface area contributed by atoms with Crippen molar-refractivity contribution in [1.82, 2.24) is 0 Å². The number of rotatable bonds is 0. The second-order valence-electron chi connectivity index (χ2n) is 7.37. The molecule has 4 atom stereocenters. The number of hydrogen-bond donors (Lipinski definition) is 5. The lowest BCUT2D eigenvalue weighted by Gasteiger charge is -2.27. The SMILES string of the molecule is Oc1ccc(C#Cc2cccc3c2C[C@H](O)[C@H](O)C3)c2c1C[C@H](O)[C@H](O)C2. The Morgan fingerprint density at radius 2 is 1.19 bits per heavy atom. The van der Waals surface area contributed by atoms with Gasteiger partial charge in [-0.2, -0.15) is 0 Å². The van der Waals surface area contributed by atoms with Gasteiger partial charge in [-0.25, -0.2) is 0 Å². The van der Waals surface area contributed by atoms with Crippen LogP contribution in [0.4, 0.5) is 0 Å². The molecule has 4 rings (SSSR count). The van der Waals surface area contributed by atoms with Crippen LogP contribution in [0.2, 0.25) is 0 Å². The van der Waals surface area contributed by atoms with E-state index in [1.54, 1.807) is 12.1 Å². The monoisotopic (exact) mass is 366 g/mol. The summed E-state index contributed by atoms with van der Waals surface area (Å²) in [7, 11) is 0. The third-order valence-corrected chi connectivity index (χ3v) is 5.57. The molecule has 5 heteroatoms. The highest BCUT2D eigenvalue weighted by atomic mass is 16.3. The standard InChI is InChI=1S/C22H22O5/c23-18-7-6-13(16-10-21(26)22(27)11-17(16)18)5-4-12-2-1-3-14-8-19(24)20(25)9-15(12)14/h1-3,6-7,19-27H,8-11H2/t19-,20+,21-,22+/m1/s1. The summed E-state index contributed by atoms with van der Waals surface area (Å²) >= 11 is 0. The van der Waals surface area contributed by atoms with E-state index in [-0.39, 0.29) is 18.6 Å². The molecule has 0 fully saturated rings. The van der Waals surface area contributed by atoms with E-state index in [0.717, 1.165) is 22.3 Å². The maximum atomic E-state index is 10.1. The van der Waals surface area contributed by atoms with Gasteiger partial charge >= 0.3 is 0 Å². The number of aromatic hydroxyl groups is 1. The van der Waals surface area contributed by atoms with Crippen LogP contribution >= 0.6 is 0 Å². The zero-order valence-electron chi connectivity index (χ0n) is 14.8. The summed E-state index contributed by atoms with van der Waals surface area (Å²) in [5, 5.41) is 49.9. The summed E-state index contributed by atoms with van der Waals surface area (Å²) in [5.74, 6) is 6.39. The average molecular weight is 366 g/mol. The van der Waals surface area contributed by atoms with Crippen LogP contribution in [0, 0.1) is 11.8 Å². The first-order valence-corrected chi connectivity index (χ1v) is 9.12. The minimum Gasteiger partial charge on any atom is -0.508 e. The lowest BCUT2D eigenvalue weighted by atomic mass is 9.83. The summed E-state index contributed by atoms with van der Waals surface area (Å²) in [6, 6.07) is 9.00. The van der Waals surface area contributed by atoms with E-state index >= 15 is 0 Å². The molecule has 2 aromatic carbocycles. The highest BCUT2D eigenvalue weighted by molar-refractivity contribution is 5.56. The molecular weight excluding hydrogens is 344 g/mol. The quantitative estimate of drug-likeness (QED) is 0.436. The molecular formula is C22H22O5. The summed E-state index contributed by atoms with van der Waals surface area (Å²) in [5.41, 5.74) is 4.85. The van der Waals surface area contributed by atoms with Crippen molar-refractivity contribution in [3.8, 4) is 17.6 Å². The van der Waals surface area contributed by atoms with Crippen molar-refractivity contribution in [3.05, 3.63) is 63.7 Å². The summed E-state index contributed by atoms with van der Waals surface area (Å²) in [4.78, 5) is 0. The molecule has 0 aromatic heterocycles. The lowest BCUT2D eigenvalue weighted by molar-refractivity contribution is 0.0136. The van der Waals surface area contributed by atoms with Crippen LogP contribution in [-0.2, 0) is 25.7 Å². The molecule has 0 heterocycles. The molecule has 0 saturated carbocycles. The van der Waals surface area contributed by atoms with E-state index in [1.807, 2.05) is 18.2 Å². The number of hydrogen-bond acceptors (Lipinski definition) is 5. The van der Waals surface area contributed by atoms with Gasteiger partial charge in [0.25, 0.3) is 0 Å². The predicted molar refractivity (Wildman–Crippen MR) is 99.4 cm³/mol. The molecule has 0 aliphatic heterocycles. The van der Waals surface area contributed by atoms with E-state index in [9.17, 15) is 25.5 Å². The van der Waals surface area contributed by atoms with Crippen LogP contribution in [0.25, 0.3) is 0 Å². The van der Waals surface area contributed by atoms with E-state index < -0.39 is 24.4 Å². The predicted octanol–water partition coefficient (Wildman–Crippen LogP) is 0.433. The Morgan fingerprint density at radius 1 is 0.630 bits per heavy atom. The Hall–Kier alpha value is -2.36. The van der Waals surface area contributed by atoms with E-state index in [0.29, 0.717) is 24.0 Å². The molecule has 2 aliphatic carbocycles. The molecule has 5 N–H and O–H groups in total. The molecule has 140 valence electrons. The van der Waals surface area contributed by atoms with Gasteiger partial charge in [-0.3, -0.25) is 0 Å². The molecule has 27 heavy (non-hydrogen) atoms. The van der Waals surface area contributed by atoms with Crippen molar-refractivity contribution >= 4 is 0 Å². The van der Waals surface area contributed by atoms with E-state index in [2.05, 4.69) is 11.8 Å². The van der Waals surface area contributed by atoms with Gasteiger partial charge in [-0.05, 0) is 34.9 Å². The number of aliphatic hydroxyl groups is 4. The van der Waals surface area contributed by atoms with Gasteiger partial charge in [0.2, 0.25) is 0 Å². The van der Waals surface area contributed by atoms with Crippen LogP contribution < -0.4 is 0 Å². The molecule has 5 nitrogen and oxygen atoms in total. The van der Waals surface area contributed by atoms with Crippen LogP contribution in [-0.4, -0.2) is 49.9 Å². The van der Waals surface area contributed by atoms with Crippen LogP contribution in [0.5, 0.6) is 5.75 Å². The number of phenols is 1. The fourth-order valence-electron chi connectivity index (χ4n) is 3.97. The van der Waals surface area contributed by atoms with Crippen molar-refractivity contribution in [1.29, 1.82) is 0 Å². The average Bonchev–Trinajstić information content (AvgIpc) is 2.64. The largest absolute Gasteiger partial charge is 0.508 e. The Kier molecular flexibility index (Phi) is 4.67. The van der Waals surface area contributed by atoms with Crippen molar-refractivity contribution in [3.63, 3.8) is 0 Å². The topological polar surface area (TPSA) is 101 Å². The van der Waals surface area contributed by atoms with Gasteiger partial charge in [0.1, 0.15) is 5.75 Å². The van der Waals surface area contributed by atoms with Gasteiger partial charge in [-0.15, -0.1) is 0 Å². The van der Waals surface area contributed by atoms with Gasteiger partial charge in [0, 0.05) is 42.4 Å². The van der Waals surface area contributed by atoms with Crippen LogP contribution in [0.15, 0.2) is 30.3 Å². The van der Waals surface area contributed by atoms with Crippen LogP contribution in [0.3, 0.4) is 0 Å². The molecule has 0 amide bonds. The fraction of sp³-hybridized carbons (Fsp3) is 0.364. The summed E-state index contributed by atoms with van der Waals surface area (Å²) in [6.07, 6.45) is -2.10. The first kappa shape index (κ1) is 18.0.